The van der Waals surface area contributed by atoms with Gasteiger partial charge in [-0.2, -0.15) is 0 Å². The van der Waals surface area contributed by atoms with Gasteiger partial charge in [0.15, 0.2) is 0 Å². The van der Waals surface area contributed by atoms with Gasteiger partial charge >= 0.3 is 0 Å². The van der Waals surface area contributed by atoms with Crippen molar-refractivity contribution in [3.05, 3.63) is 59.5 Å². The van der Waals surface area contributed by atoms with E-state index in [1.165, 1.54) is 17.5 Å². The normalized spacial score (nSPS) is 24.8. The third-order valence-corrected chi connectivity index (χ3v) is 5.61. The molecule has 0 radical (unpaired) electrons. The summed E-state index contributed by atoms with van der Waals surface area (Å²) in [6.07, 6.45) is 2.98. The summed E-state index contributed by atoms with van der Waals surface area (Å²) in [6.45, 7) is 5.54. The molecule has 2 aromatic rings. The molecule has 1 N–H and O–H groups in total. The molecule has 1 aliphatic rings. The Balaban J connectivity index is 1.79. The highest BCUT2D eigenvalue weighted by Crippen LogP contribution is 2.43. The first-order valence-electron chi connectivity index (χ1n) is 7.75. The van der Waals surface area contributed by atoms with Crippen LogP contribution in [0, 0.1) is 0 Å². The van der Waals surface area contributed by atoms with E-state index in [1.807, 2.05) is 17.8 Å². The van der Waals surface area contributed by atoms with Crippen molar-refractivity contribution in [1.82, 2.24) is 5.32 Å². The third kappa shape index (κ3) is 3.19. The number of hydrogen-bond acceptors (Lipinski definition) is 3. The van der Waals surface area contributed by atoms with Gasteiger partial charge in [-0.1, -0.05) is 38.1 Å². The smallest absolute Gasteiger partial charge is 0.113 e. The Morgan fingerprint density at radius 3 is 2.71 bits per heavy atom. The van der Waals surface area contributed by atoms with Gasteiger partial charge in [0.1, 0.15) is 5.76 Å². The fourth-order valence-electron chi connectivity index (χ4n) is 3.26. The minimum Gasteiger partial charge on any atom is -0.468 e. The third-order valence-electron chi connectivity index (χ3n) is 4.26. The van der Waals surface area contributed by atoms with Crippen LogP contribution in [0.25, 0.3) is 0 Å². The molecule has 0 aliphatic heterocycles. The lowest BCUT2D eigenvalue weighted by Gasteiger charge is -2.37. The Bertz CT molecular complexity index is 566. The quantitative estimate of drug-likeness (QED) is 0.863. The maximum atomic E-state index is 5.47. The number of thioether (sulfide) groups is 1. The molecular formula is C18H23NOS. The predicted molar refractivity (Wildman–Crippen MR) is 89.7 cm³/mol. The number of fused-ring (bicyclic) bond motifs is 1. The second-order valence-electron chi connectivity index (χ2n) is 5.73. The number of furan rings is 1. The maximum Gasteiger partial charge on any atom is 0.113 e. The minimum atomic E-state index is 0.447. The Kier molecular flexibility index (Phi) is 4.71. The van der Waals surface area contributed by atoms with Crippen molar-refractivity contribution in [1.29, 1.82) is 0 Å². The lowest BCUT2D eigenvalue weighted by atomic mass is 9.80. The fraction of sp³-hybridized carbons (Fsp3) is 0.444. The van der Waals surface area contributed by atoms with Crippen molar-refractivity contribution in [2.24, 2.45) is 0 Å². The molecule has 0 bridgehead atoms. The van der Waals surface area contributed by atoms with Crippen molar-refractivity contribution < 1.29 is 4.42 Å². The van der Waals surface area contributed by atoms with E-state index in [4.69, 9.17) is 4.42 Å². The average Bonchev–Trinajstić information content (AvgIpc) is 3.02. The van der Waals surface area contributed by atoms with Gasteiger partial charge < -0.3 is 9.73 Å². The molecule has 0 spiro atoms. The molecule has 3 unspecified atom stereocenters. The van der Waals surface area contributed by atoms with E-state index in [0.717, 1.165) is 18.1 Å². The van der Waals surface area contributed by atoms with E-state index in [0.29, 0.717) is 17.2 Å². The van der Waals surface area contributed by atoms with Crippen LogP contribution in [0.5, 0.6) is 0 Å². The highest BCUT2D eigenvalue weighted by atomic mass is 32.2. The van der Waals surface area contributed by atoms with Crippen molar-refractivity contribution in [3.63, 3.8) is 0 Å². The van der Waals surface area contributed by atoms with Crippen LogP contribution >= 0.6 is 11.8 Å². The van der Waals surface area contributed by atoms with E-state index in [9.17, 15) is 0 Å². The Morgan fingerprint density at radius 1 is 1.19 bits per heavy atom. The highest BCUT2D eigenvalue weighted by molar-refractivity contribution is 7.99. The molecule has 3 heteroatoms. The van der Waals surface area contributed by atoms with E-state index < -0.39 is 0 Å². The Hall–Kier alpha value is -1.19. The van der Waals surface area contributed by atoms with Crippen LogP contribution in [0.3, 0.4) is 0 Å². The van der Waals surface area contributed by atoms with Gasteiger partial charge in [0, 0.05) is 11.3 Å². The van der Waals surface area contributed by atoms with Crippen molar-refractivity contribution in [2.45, 2.75) is 43.2 Å². The van der Waals surface area contributed by atoms with Crippen molar-refractivity contribution >= 4 is 11.8 Å². The zero-order valence-corrected chi connectivity index (χ0v) is 13.5. The van der Waals surface area contributed by atoms with Gasteiger partial charge in [0.2, 0.25) is 0 Å². The number of rotatable bonds is 5. The molecule has 0 saturated heterocycles. The van der Waals surface area contributed by atoms with E-state index >= 15 is 0 Å². The molecule has 2 nitrogen and oxygen atoms in total. The molecule has 1 aromatic heterocycles. The summed E-state index contributed by atoms with van der Waals surface area (Å²) in [5.41, 5.74) is 2.99. The summed E-state index contributed by atoms with van der Waals surface area (Å²) in [5, 5.41) is 4.29. The SMILES string of the molecule is CCNC1c2ccccc2C(C)CC1SCc1ccco1. The first-order chi connectivity index (χ1) is 10.3. The molecule has 1 aliphatic carbocycles. The van der Waals surface area contributed by atoms with Crippen LogP contribution < -0.4 is 5.32 Å². The van der Waals surface area contributed by atoms with E-state index in [1.54, 1.807) is 6.26 Å². The largest absolute Gasteiger partial charge is 0.468 e. The van der Waals surface area contributed by atoms with Gasteiger partial charge in [-0.25, -0.2) is 0 Å². The molecule has 0 fully saturated rings. The first-order valence-corrected chi connectivity index (χ1v) is 8.80. The van der Waals surface area contributed by atoms with Crippen LogP contribution in [-0.4, -0.2) is 11.8 Å². The van der Waals surface area contributed by atoms with Crippen LogP contribution in [0.15, 0.2) is 47.1 Å². The fourth-order valence-corrected chi connectivity index (χ4v) is 4.67. The summed E-state index contributed by atoms with van der Waals surface area (Å²) in [7, 11) is 0. The second-order valence-corrected chi connectivity index (χ2v) is 6.96. The van der Waals surface area contributed by atoms with E-state index in [-0.39, 0.29) is 0 Å². The molecule has 21 heavy (non-hydrogen) atoms. The number of benzene rings is 1. The Morgan fingerprint density at radius 2 is 2.00 bits per heavy atom. The minimum absolute atomic E-state index is 0.447. The molecule has 3 rings (SSSR count). The number of hydrogen-bond donors (Lipinski definition) is 1. The van der Waals surface area contributed by atoms with Gasteiger partial charge in [0.25, 0.3) is 0 Å². The lowest BCUT2D eigenvalue weighted by Crippen LogP contribution is -2.35. The first kappa shape index (κ1) is 14.7. The molecular weight excluding hydrogens is 278 g/mol. The molecule has 0 amide bonds. The average molecular weight is 301 g/mol. The van der Waals surface area contributed by atoms with Crippen molar-refractivity contribution in [3.8, 4) is 0 Å². The van der Waals surface area contributed by atoms with Gasteiger partial charge in [-0.05, 0) is 42.1 Å². The van der Waals surface area contributed by atoms with Crippen LogP contribution in [0.2, 0.25) is 0 Å². The van der Waals surface area contributed by atoms with Crippen LogP contribution in [0.4, 0.5) is 0 Å². The Labute approximate surface area is 131 Å². The van der Waals surface area contributed by atoms with Gasteiger partial charge in [-0.15, -0.1) is 11.8 Å². The maximum absolute atomic E-state index is 5.47. The lowest BCUT2D eigenvalue weighted by molar-refractivity contribution is 0.452. The summed E-state index contributed by atoms with van der Waals surface area (Å²) < 4.78 is 5.47. The monoisotopic (exact) mass is 301 g/mol. The second kappa shape index (κ2) is 6.71. The topological polar surface area (TPSA) is 25.2 Å². The molecule has 3 atom stereocenters. The standard InChI is InChI=1S/C18H23NOS/c1-3-19-18-16-9-5-4-8-15(16)13(2)11-17(18)21-12-14-7-6-10-20-14/h4-10,13,17-19H,3,11-12H2,1-2H3. The summed E-state index contributed by atoms with van der Waals surface area (Å²) in [4.78, 5) is 0. The molecule has 112 valence electrons. The van der Waals surface area contributed by atoms with Crippen molar-refractivity contribution in [2.75, 3.05) is 6.54 Å². The summed E-state index contributed by atoms with van der Waals surface area (Å²) in [5.74, 6) is 2.65. The summed E-state index contributed by atoms with van der Waals surface area (Å²) >= 11 is 2.01. The summed E-state index contributed by atoms with van der Waals surface area (Å²) in [6, 6.07) is 13.4. The number of nitrogens with one attached hydrogen (secondary N) is 1. The van der Waals surface area contributed by atoms with Crippen LogP contribution in [-0.2, 0) is 5.75 Å². The van der Waals surface area contributed by atoms with Crippen LogP contribution in [0.1, 0.15) is 49.1 Å². The highest BCUT2D eigenvalue weighted by Gasteiger charge is 2.32. The zero-order valence-electron chi connectivity index (χ0n) is 12.7. The molecule has 0 saturated carbocycles. The molecule has 1 heterocycles. The molecule has 1 aromatic carbocycles. The van der Waals surface area contributed by atoms with Gasteiger partial charge in [0.05, 0.1) is 12.0 Å². The predicted octanol–water partition coefficient (Wildman–Crippen LogP) is 4.74. The van der Waals surface area contributed by atoms with E-state index in [2.05, 4.69) is 49.5 Å². The van der Waals surface area contributed by atoms with Gasteiger partial charge in [-0.3, -0.25) is 0 Å². The zero-order chi connectivity index (χ0) is 14.7.